The third-order valence-corrected chi connectivity index (χ3v) is 3.08. The predicted octanol–water partition coefficient (Wildman–Crippen LogP) is 2.32. The quantitative estimate of drug-likeness (QED) is 0.784. The van der Waals surface area contributed by atoms with Crippen LogP contribution in [0.5, 0.6) is 0 Å². The number of benzene rings is 1. The lowest BCUT2D eigenvalue weighted by molar-refractivity contribution is 0.351. The Bertz CT molecular complexity index is 367. The first-order chi connectivity index (χ1) is 7.49. The topological polar surface area (TPSA) is 15.3 Å². The fourth-order valence-corrected chi connectivity index (χ4v) is 2.36. The van der Waals surface area contributed by atoms with Gasteiger partial charge in [0, 0.05) is 25.2 Å². The fraction of sp³-hybridized carbons (Fsp3) is 0.538. The Morgan fingerprint density at radius 3 is 2.75 bits per heavy atom. The summed E-state index contributed by atoms with van der Waals surface area (Å²) in [6, 6.07) is 5.27. The molecule has 1 saturated heterocycles. The molecule has 0 saturated carbocycles. The van der Waals surface area contributed by atoms with Crippen molar-refractivity contribution in [2.75, 3.05) is 24.5 Å². The SMILES string of the molecule is Cc1cccc(F)c1N1CCNC(C)(C)C1. The standard InChI is InChI=1S/C13H19FN2/c1-10-5-4-6-11(14)12(10)16-8-7-15-13(2,3)9-16/h4-6,15H,7-9H2,1-3H3. The number of halogens is 1. The number of para-hydroxylation sites is 1. The van der Waals surface area contributed by atoms with Crippen LogP contribution in [-0.2, 0) is 0 Å². The highest BCUT2D eigenvalue weighted by Crippen LogP contribution is 2.26. The molecule has 0 bridgehead atoms. The van der Waals surface area contributed by atoms with Crippen molar-refractivity contribution in [2.24, 2.45) is 0 Å². The summed E-state index contributed by atoms with van der Waals surface area (Å²) in [7, 11) is 0. The number of anilines is 1. The number of piperazine rings is 1. The second kappa shape index (κ2) is 4.06. The molecule has 0 unspecified atom stereocenters. The lowest BCUT2D eigenvalue weighted by Crippen LogP contribution is -2.57. The normalized spacial score (nSPS) is 19.9. The Labute approximate surface area is 96.5 Å². The minimum atomic E-state index is -0.113. The fourth-order valence-electron chi connectivity index (χ4n) is 2.36. The summed E-state index contributed by atoms with van der Waals surface area (Å²) in [6.45, 7) is 8.87. The van der Waals surface area contributed by atoms with Crippen LogP contribution in [0.25, 0.3) is 0 Å². The molecule has 1 aromatic carbocycles. The highest BCUT2D eigenvalue weighted by atomic mass is 19.1. The van der Waals surface area contributed by atoms with E-state index in [0.717, 1.165) is 30.9 Å². The summed E-state index contributed by atoms with van der Waals surface area (Å²) in [5, 5.41) is 3.43. The number of nitrogens with one attached hydrogen (secondary N) is 1. The molecule has 1 fully saturated rings. The van der Waals surface area contributed by atoms with Gasteiger partial charge < -0.3 is 10.2 Å². The van der Waals surface area contributed by atoms with E-state index in [0.29, 0.717) is 0 Å². The van der Waals surface area contributed by atoms with Crippen molar-refractivity contribution in [1.82, 2.24) is 5.32 Å². The van der Waals surface area contributed by atoms with Crippen LogP contribution >= 0.6 is 0 Å². The van der Waals surface area contributed by atoms with Gasteiger partial charge in [-0.15, -0.1) is 0 Å². The van der Waals surface area contributed by atoms with Gasteiger partial charge in [-0.25, -0.2) is 4.39 Å². The Morgan fingerprint density at radius 1 is 1.38 bits per heavy atom. The van der Waals surface area contributed by atoms with Crippen molar-refractivity contribution in [2.45, 2.75) is 26.3 Å². The van der Waals surface area contributed by atoms with Crippen LogP contribution in [0.2, 0.25) is 0 Å². The zero-order valence-electron chi connectivity index (χ0n) is 10.2. The molecular formula is C13H19FN2. The Kier molecular flexibility index (Phi) is 2.89. The Morgan fingerprint density at radius 2 is 2.12 bits per heavy atom. The van der Waals surface area contributed by atoms with Crippen LogP contribution in [0.3, 0.4) is 0 Å². The molecule has 2 rings (SSSR count). The molecule has 1 heterocycles. The van der Waals surface area contributed by atoms with Gasteiger partial charge in [0.15, 0.2) is 0 Å². The second-order valence-electron chi connectivity index (χ2n) is 5.14. The second-order valence-corrected chi connectivity index (χ2v) is 5.14. The molecule has 0 amide bonds. The van der Waals surface area contributed by atoms with E-state index in [9.17, 15) is 4.39 Å². The summed E-state index contributed by atoms with van der Waals surface area (Å²) in [5.41, 5.74) is 1.82. The Hall–Kier alpha value is -1.09. The van der Waals surface area contributed by atoms with Crippen LogP contribution in [0.15, 0.2) is 18.2 Å². The van der Waals surface area contributed by atoms with E-state index in [1.165, 1.54) is 6.07 Å². The van der Waals surface area contributed by atoms with Gasteiger partial charge in [-0.2, -0.15) is 0 Å². The van der Waals surface area contributed by atoms with Crippen LogP contribution in [0.1, 0.15) is 19.4 Å². The molecule has 16 heavy (non-hydrogen) atoms. The number of aryl methyl sites for hydroxylation is 1. The van der Waals surface area contributed by atoms with Crippen molar-refractivity contribution in [3.8, 4) is 0 Å². The summed E-state index contributed by atoms with van der Waals surface area (Å²) in [4.78, 5) is 2.14. The third kappa shape index (κ3) is 2.19. The van der Waals surface area contributed by atoms with E-state index in [-0.39, 0.29) is 11.4 Å². The molecule has 88 valence electrons. The molecule has 1 aromatic rings. The van der Waals surface area contributed by atoms with Crippen LogP contribution < -0.4 is 10.2 Å². The summed E-state index contributed by atoms with van der Waals surface area (Å²) in [6.07, 6.45) is 0. The van der Waals surface area contributed by atoms with E-state index in [2.05, 4.69) is 24.1 Å². The first-order valence-corrected chi connectivity index (χ1v) is 5.75. The smallest absolute Gasteiger partial charge is 0.146 e. The van der Waals surface area contributed by atoms with Crippen molar-refractivity contribution in [3.63, 3.8) is 0 Å². The highest BCUT2D eigenvalue weighted by molar-refractivity contribution is 5.55. The molecule has 2 nitrogen and oxygen atoms in total. The molecule has 3 heteroatoms. The third-order valence-electron chi connectivity index (χ3n) is 3.08. The van der Waals surface area contributed by atoms with Gasteiger partial charge in [-0.3, -0.25) is 0 Å². The molecule has 1 aliphatic heterocycles. The molecule has 0 aromatic heterocycles. The van der Waals surface area contributed by atoms with Gasteiger partial charge in [0.25, 0.3) is 0 Å². The van der Waals surface area contributed by atoms with Gasteiger partial charge in [-0.1, -0.05) is 12.1 Å². The number of rotatable bonds is 1. The lowest BCUT2D eigenvalue weighted by Gasteiger charge is -2.41. The first kappa shape index (κ1) is 11.4. The van der Waals surface area contributed by atoms with Crippen LogP contribution in [-0.4, -0.2) is 25.2 Å². The minimum Gasteiger partial charge on any atom is -0.366 e. The van der Waals surface area contributed by atoms with Crippen LogP contribution in [0, 0.1) is 12.7 Å². The number of hydrogen-bond donors (Lipinski definition) is 1. The summed E-state index contributed by atoms with van der Waals surface area (Å²) < 4.78 is 13.8. The van der Waals surface area contributed by atoms with Crippen molar-refractivity contribution < 1.29 is 4.39 Å². The maximum atomic E-state index is 13.8. The zero-order valence-corrected chi connectivity index (χ0v) is 10.2. The van der Waals surface area contributed by atoms with Gasteiger partial charge in [-0.05, 0) is 32.4 Å². The maximum Gasteiger partial charge on any atom is 0.146 e. The van der Waals surface area contributed by atoms with E-state index >= 15 is 0 Å². The van der Waals surface area contributed by atoms with Crippen molar-refractivity contribution >= 4 is 5.69 Å². The maximum absolute atomic E-state index is 13.8. The lowest BCUT2D eigenvalue weighted by atomic mass is 10.0. The van der Waals surface area contributed by atoms with E-state index < -0.39 is 0 Å². The molecule has 1 N–H and O–H groups in total. The average molecular weight is 222 g/mol. The average Bonchev–Trinajstić information content (AvgIpc) is 2.15. The molecule has 0 atom stereocenters. The first-order valence-electron chi connectivity index (χ1n) is 5.75. The minimum absolute atomic E-state index is 0.0486. The van der Waals surface area contributed by atoms with Crippen molar-refractivity contribution in [3.05, 3.63) is 29.6 Å². The molecular weight excluding hydrogens is 203 g/mol. The van der Waals surface area contributed by atoms with E-state index in [4.69, 9.17) is 0 Å². The van der Waals surface area contributed by atoms with Gasteiger partial charge >= 0.3 is 0 Å². The van der Waals surface area contributed by atoms with Crippen LogP contribution in [0.4, 0.5) is 10.1 Å². The molecule has 0 spiro atoms. The number of nitrogens with zero attached hydrogens (tertiary/aromatic N) is 1. The summed E-state index contributed by atoms with van der Waals surface area (Å²) >= 11 is 0. The molecule has 0 aliphatic carbocycles. The van der Waals surface area contributed by atoms with Gasteiger partial charge in [0.1, 0.15) is 5.82 Å². The van der Waals surface area contributed by atoms with E-state index in [1.807, 2.05) is 13.0 Å². The molecule has 0 radical (unpaired) electrons. The zero-order chi connectivity index (χ0) is 11.8. The highest BCUT2D eigenvalue weighted by Gasteiger charge is 2.27. The molecule has 1 aliphatic rings. The largest absolute Gasteiger partial charge is 0.366 e. The number of hydrogen-bond acceptors (Lipinski definition) is 2. The van der Waals surface area contributed by atoms with Crippen molar-refractivity contribution in [1.29, 1.82) is 0 Å². The van der Waals surface area contributed by atoms with Gasteiger partial charge in [0.2, 0.25) is 0 Å². The monoisotopic (exact) mass is 222 g/mol. The van der Waals surface area contributed by atoms with E-state index in [1.54, 1.807) is 6.07 Å². The summed E-state index contributed by atoms with van der Waals surface area (Å²) in [5.74, 6) is -0.113. The predicted molar refractivity (Wildman–Crippen MR) is 65.4 cm³/mol. The Balaban J connectivity index is 2.30. The van der Waals surface area contributed by atoms with Gasteiger partial charge in [0.05, 0.1) is 5.69 Å².